The third kappa shape index (κ3) is 12.0. The molecular weight excluding hydrogens is 963 g/mol. The van der Waals surface area contributed by atoms with Gasteiger partial charge in [-0.1, -0.05) is 36.4 Å². The third-order valence-corrected chi connectivity index (χ3v) is 15.5. The van der Waals surface area contributed by atoms with Crippen LogP contribution in [0.1, 0.15) is 82.4 Å². The zero-order chi connectivity index (χ0) is 51.9. The van der Waals surface area contributed by atoms with E-state index in [1.54, 1.807) is 19.1 Å². The number of rotatable bonds is 24. The Bertz CT molecular complexity index is 2390. The number of nitrogens with one attached hydrogen (secondary N) is 6. The topological polar surface area (TPSA) is 255 Å². The maximum absolute atomic E-state index is 13.9. The summed E-state index contributed by atoms with van der Waals surface area (Å²) in [4.78, 5) is 81.6. The van der Waals surface area contributed by atoms with E-state index < -0.39 is 76.9 Å². The minimum absolute atomic E-state index is 0.000129. The summed E-state index contributed by atoms with van der Waals surface area (Å²) in [6, 6.07) is 8.49. The van der Waals surface area contributed by atoms with Gasteiger partial charge in [-0.05, 0) is 113 Å². The van der Waals surface area contributed by atoms with E-state index in [1.807, 2.05) is 42.5 Å². The molecular formula is C51H71N9O10S2. The third-order valence-electron chi connectivity index (χ3n) is 14.7. The molecule has 2 bridgehead atoms. The Balaban J connectivity index is 0.951. The van der Waals surface area contributed by atoms with Gasteiger partial charge in [-0.3, -0.25) is 33.7 Å². The highest BCUT2D eigenvalue weighted by Gasteiger charge is 2.72. The van der Waals surface area contributed by atoms with Crippen LogP contribution in [0.4, 0.5) is 0 Å². The van der Waals surface area contributed by atoms with Gasteiger partial charge in [-0.25, -0.2) is 0 Å². The summed E-state index contributed by atoms with van der Waals surface area (Å²) in [6.45, 7) is 6.58. The molecule has 3 aliphatic carbocycles. The number of hydrogen-bond donors (Lipinski definition) is 9. The first-order chi connectivity index (χ1) is 34.4. The van der Waals surface area contributed by atoms with E-state index in [9.17, 15) is 33.9 Å². The molecule has 1 spiro atoms. The number of carbonyl (C=O) groups excluding carboxylic acids is 6. The van der Waals surface area contributed by atoms with E-state index in [4.69, 9.17) is 32.2 Å². The monoisotopic (exact) mass is 1030 g/mol. The van der Waals surface area contributed by atoms with Gasteiger partial charge < -0.3 is 61.9 Å². The van der Waals surface area contributed by atoms with Crippen molar-refractivity contribution in [2.24, 2.45) is 11.7 Å². The zero-order valence-corrected chi connectivity index (χ0v) is 43.5. The smallest absolute Gasteiger partial charge is 0.264 e. The summed E-state index contributed by atoms with van der Waals surface area (Å²) in [7, 11) is 3.36. The van der Waals surface area contributed by atoms with Gasteiger partial charge >= 0.3 is 0 Å². The van der Waals surface area contributed by atoms with Crippen molar-refractivity contribution < 1.29 is 48.1 Å². The van der Waals surface area contributed by atoms with Crippen LogP contribution in [0.15, 0.2) is 54.3 Å². The number of nitrogens with two attached hydrogens (primary N) is 1. The number of unbranched alkanes of at least 4 members (excludes halogenated alkanes) is 1. The van der Waals surface area contributed by atoms with Crippen molar-refractivity contribution in [3.63, 3.8) is 0 Å². The maximum Gasteiger partial charge on any atom is 0.264 e. The van der Waals surface area contributed by atoms with Crippen LogP contribution < -0.4 is 47.1 Å². The number of ether oxygens (including phenoxy) is 3. The summed E-state index contributed by atoms with van der Waals surface area (Å²) in [5.41, 5.74) is 7.39. The van der Waals surface area contributed by atoms with Gasteiger partial charge in [0.1, 0.15) is 29.9 Å². The lowest BCUT2D eigenvalue weighted by Gasteiger charge is -2.62. The first-order valence-electron chi connectivity index (χ1n) is 25.0. The first-order valence-corrected chi connectivity index (χ1v) is 26.0. The number of likely N-dealkylation sites (tertiary alicyclic amines) is 1. The minimum atomic E-state index is -1.11. The van der Waals surface area contributed by atoms with Gasteiger partial charge in [0.15, 0.2) is 17.6 Å². The number of amides is 6. The van der Waals surface area contributed by atoms with Gasteiger partial charge in [0.2, 0.25) is 35.4 Å². The molecule has 5 aliphatic rings. The fourth-order valence-corrected chi connectivity index (χ4v) is 11.1. The lowest BCUT2D eigenvalue weighted by Crippen LogP contribution is -2.75. The highest BCUT2D eigenvalue weighted by atomic mass is 32.1. The quantitative estimate of drug-likeness (QED) is 0.0403. The Morgan fingerprint density at radius 3 is 2.31 bits per heavy atom. The van der Waals surface area contributed by atoms with E-state index in [0.29, 0.717) is 68.2 Å². The first kappa shape index (κ1) is 54.3. The molecule has 2 aliphatic heterocycles. The molecule has 1 saturated carbocycles. The predicted octanol–water partition coefficient (Wildman–Crippen LogP) is 0.888. The van der Waals surface area contributed by atoms with Gasteiger partial charge in [0, 0.05) is 63.9 Å². The molecule has 1 saturated heterocycles. The predicted molar refractivity (Wildman–Crippen MR) is 276 cm³/mol. The summed E-state index contributed by atoms with van der Waals surface area (Å²) in [5.74, 6) is -0.733. The van der Waals surface area contributed by atoms with Crippen molar-refractivity contribution in [1.82, 2.24) is 41.7 Å². The van der Waals surface area contributed by atoms with Crippen LogP contribution in [0, 0.1) is 5.92 Å². The van der Waals surface area contributed by atoms with Crippen LogP contribution in [0.2, 0.25) is 0 Å². The molecule has 19 nitrogen and oxygen atoms in total. The van der Waals surface area contributed by atoms with Crippen LogP contribution in [0.25, 0.3) is 0 Å². The van der Waals surface area contributed by atoms with Crippen LogP contribution in [0.3, 0.4) is 0 Å². The second kappa shape index (κ2) is 23.6. The molecule has 2 heterocycles. The van der Waals surface area contributed by atoms with Crippen molar-refractivity contribution >= 4 is 65.5 Å². The molecule has 392 valence electrons. The average molecular weight is 1030 g/mol. The van der Waals surface area contributed by atoms with Crippen molar-refractivity contribution in [2.45, 2.75) is 132 Å². The molecule has 72 heavy (non-hydrogen) atoms. The normalized spacial score (nSPS) is 23.5. The molecule has 2 fully saturated rings. The number of methoxy groups -OCH3 is 1. The summed E-state index contributed by atoms with van der Waals surface area (Å²) >= 11 is 9.94. The molecule has 0 aromatic heterocycles. The molecule has 21 heteroatoms. The van der Waals surface area contributed by atoms with Crippen molar-refractivity contribution in [1.29, 1.82) is 0 Å². The standard InChI is InChI=1S/C51H71N9O10S2/c1-29(56-48(66)37(28-71)57-31(3)61)44(62)55-30(2)45(63)58-36(13-9-10-21-53-46(64)35(52)25-32-11-7-6-8-12-32)47(65)54-22-24-59(4)49(72)69-39-18-19-51(67)40-26-34-16-17-38(68-5)42-41(34)50(51,43(39)70-42)20-23-60(40)27-33-14-15-33/h6-8,11-12,16-18,29-30,33,35-37,40,43,67,71H,9-10,13-15,19-28,52H2,1-5H3,(H,53,64)(H,54,65)(H,55,62)(H,56,66)(H,57,61)(H,58,63)/t29?,30?,35?,36?,37?,40-,43+,50+,51-/m1/s1. The molecule has 2 aromatic carbocycles. The largest absolute Gasteiger partial charge is 0.493 e. The summed E-state index contributed by atoms with van der Waals surface area (Å²) in [6.07, 6.45) is 6.95. The van der Waals surface area contributed by atoms with Gasteiger partial charge in [-0.15, -0.1) is 0 Å². The minimum Gasteiger partial charge on any atom is -0.493 e. The number of thiol groups is 1. The van der Waals surface area contributed by atoms with Crippen molar-refractivity contribution in [2.75, 3.05) is 52.6 Å². The lowest BCUT2D eigenvalue weighted by molar-refractivity contribution is -0.168. The molecule has 7 rings (SSSR count). The van der Waals surface area contributed by atoms with Crippen molar-refractivity contribution in [3.05, 3.63) is 71.0 Å². The number of nitrogens with zero attached hydrogens (tertiary/aromatic N) is 2. The van der Waals surface area contributed by atoms with Crippen LogP contribution in [-0.2, 0) is 51.8 Å². The SMILES string of the molecule is COc1ccc2c3c1O[C@H]1C(OC(=S)N(C)CCNC(=O)C(CCCCNC(=O)C(N)Cc4ccccc4)NC(=O)C(C)NC(=O)C(C)NC(=O)C(CS)NC(C)=O)=CC[C@@]4(O)[C@@H](C2)N(CC2CC2)CC[C@]314. The summed E-state index contributed by atoms with van der Waals surface area (Å²) in [5, 5.41) is 29.1. The van der Waals surface area contributed by atoms with E-state index in [-0.39, 0.29) is 42.4 Å². The molecule has 9 atom stereocenters. The Morgan fingerprint density at radius 1 is 0.931 bits per heavy atom. The molecule has 6 amide bonds. The highest BCUT2D eigenvalue weighted by Crippen LogP contribution is 2.65. The second-order valence-corrected chi connectivity index (χ2v) is 20.6. The second-order valence-electron chi connectivity index (χ2n) is 19.9. The number of aliphatic hydroxyl groups is 1. The number of likely N-dealkylation sites (N-methyl/N-ethyl adjacent to an activating group) is 1. The van der Waals surface area contributed by atoms with Crippen LogP contribution in [0.5, 0.6) is 11.5 Å². The zero-order valence-electron chi connectivity index (χ0n) is 41.8. The van der Waals surface area contributed by atoms with Crippen LogP contribution >= 0.6 is 24.8 Å². The van der Waals surface area contributed by atoms with Gasteiger partial charge in [0.25, 0.3) is 5.17 Å². The van der Waals surface area contributed by atoms with E-state index in [1.165, 1.54) is 33.6 Å². The lowest BCUT2D eigenvalue weighted by atomic mass is 9.50. The Hall–Kier alpha value is -5.48. The number of hydrogen-bond acceptors (Lipinski definition) is 14. The molecule has 9 N–H and O–H groups in total. The molecule has 0 radical (unpaired) electrons. The van der Waals surface area contributed by atoms with Gasteiger partial charge in [0.05, 0.1) is 24.2 Å². The number of benzene rings is 2. The van der Waals surface area contributed by atoms with E-state index in [0.717, 1.165) is 29.8 Å². The van der Waals surface area contributed by atoms with E-state index in [2.05, 4.69) is 55.5 Å². The Kier molecular flexibility index (Phi) is 17.8. The summed E-state index contributed by atoms with van der Waals surface area (Å²) < 4.78 is 19.1. The Morgan fingerprint density at radius 2 is 1.62 bits per heavy atom. The van der Waals surface area contributed by atoms with Crippen LogP contribution in [-0.4, -0.2) is 156 Å². The highest BCUT2D eigenvalue weighted by molar-refractivity contribution is 7.80. The van der Waals surface area contributed by atoms with Crippen molar-refractivity contribution in [3.8, 4) is 11.5 Å². The van der Waals surface area contributed by atoms with Gasteiger partial charge in [-0.2, -0.15) is 12.6 Å². The number of carbonyl (C=O) groups is 6. The number of piperidine rings is 1. The average Bonchev–Trinajstić information content (AvgIpc) is 4.10. The number of thiocarbonyl (C=S) groups is 1. The van der Waals surface area contributed by atoms with E-state index >= 15 is 0 Å². The molecule has 5 unspecified atom stereocenters. The fraction of sp³-hybridized carbons (Fsp3) is 0.588. The molecule has 2 aromatic rings. The Labute approximate surface area is 432 Å². The fourth-order valence-electron chi connectivity index (χ4n) is 10.6. The maximum atomic E-state index is 13.9.